The first kappa shape index (κ1) is 40.6. The first-order valence-corrected chi connectivity index (χ1v) is 21.0. The summed E-state index contributed by atoms with van der Waals surface area (Å²) in [5.74, 6) is 1.55. The minimum absolute atomic E-state index is 1.00. The van der Waals surface area contributed by atoms with Crippen LogP contribution in [0.4, 0.5) is 0 Å². The van der Waals surface area contributed by atoms with Gasteiger partial charge in [0.05, 0.1) is 6.54 Å². The number of hydrogen-bond acceptors (Lipinski definition) is 0. The molecule has 0 unspecified atom stereocenters. The number of hydrogen-bond donors (Lipinski definition) is 0. The molecular formula is C44H79N2+. The fraction of sp³-hybridized carbons (Fsp3) is 0.795. The predicted octanol–water partition coefficient (Wildman–Crippen LogP) is 14.1. The molecule has 0 saturated heterocycles. The van der Waals surface area contributed by atoms with Crippen LogP contribution in [0.3, 0.4) is 0 Å². The van der Waals surface area contributed by atoms with E-state index in [-0.39, 0.29) is 0 Å². The van der Waals surface area contributed by atoms with Crippen molar-refractivity contribution in [1.82, 2.24) is 4.57 Å². The molecule has 0 fully saturated rings. The molecule has 2 nitrogen and oxygen atoms in total. The van der Waals surface area contributed by atoms with Gasteiger partial charge in [-0.05, 0) is 24.8 Å². The molecular weight excluding hydrogens is 556 g/mol. The maximum atomic E-state index is 2.59. The van der Waals surface area contributed by atoms with E-state index in [1.165, 1.54) is 211 Å². The predicted molar refractivity (Wildman–Crippen MR) is 204 cm³/mol. The molecule has 2 rings (SSSR count). The molecule has 0 N–H and O–H groups in total. The summed E-state index contributed by atoms with van der Waals surface area (Å²) in [6, 6.07) is 11.0. The third kappa shape index (κ3) is 22.1. The third-order valence-corrected chi connectivity index (χ3v) is 10.3. The summed E-state index contributed by atoms with van der Waals surface area (Å²) < 4.78 is 5.12. The second-order valence-electron chi connectivity index (χ2n) is 14.7. The van der Waals surface area contributed by atoms with Crippen molar-refractivity contribution in [1.29, 1.82) is 0 Å². The van der Waals surface area contributed by atoms with Gasteiger partial charge in [-0.15, -0.1) is 0 Å². The second kappa shape index (κ2) is 30.7. The van der Waals surface area contributed by atoms with Gasteiger partial charge >= 0.3 is 0 Å². The van der Waals surface area contributed by atoms with E-state index in [2.05, 4.69) is 65.7 Å². The number of benzene rings is 1. The Morgan fingerprint density at radius 2 is 0.804 bits per heavy atom. The average molecular weight is 636 g/mol. The maximum absolute atomic E-state index is 2.59. The fourth-order valence-corrected chi connectivity index (χ4v) is 7.22. The lowest BCUT2D eigenvalue weighted by molar-refractivity contribution is -0.704. The van der Waals surface area contributed by atoms with Crippen molar-refractivity contribution in [2.75, 3.05) is 0 Å². The Kier molecular flexibility index (Phi) is 27.1. The molecule has 0 saturated carbocycles. The quantitative estimate of drug-likeness (QED) is 0.0534. The number of imidazole rings is 1. The van der Waals surface area contributed by atoms with Crippen molar-refractivity contribution in [3.05, 3.63) is 54.1 Å². The van der Waals surface area contributed by atoms with Crippen molar-refractivity contribution < 1.29 is 4.57 Å². The van der Waals surface area contributed by atoms with Crippen molar-refractivity contribution in [3.63, 3.8) is 0 Å². The Bertz CT molecular complexity index is 885. The summed E-state index contributed by atoms with van der Waals surface area (Å²) >= 11 is 0. The summed E-state index contributed by atoms with van der Waals surface area (Å²) in [6.45, 7) is 6.81. The Morgan fingerprint density at radius 1 is 0.435 bits per heavy atom. The average Bonchev–Trinajstić information content (AvgIpc) is 3.45. The van der Waals surface area contributed by atoms with E-state index >= 15 is 0 Å². The highest BCUT2D eigenvalue weighted by atomic mass is 15.1. The fourth-order valence-electron chi connectivity index (χ4n) is 7.22. The SMILES string of the molecule is CCCCCCCCCCCCCCCCCCc1n(Cc2ccccc2)cc[n+]1CCCCCCCCCCCCCCCC. The number of unbranched alkanes of at least 4 members (excludes halogenated alkanes) is 28. The first-order valence-electron chi connectivity index (χ1n) is 21.0. The van der Waals surface area contributed by atoms with E-state index in [1.54, 1.807) is 5.82 Å². The molecule has 0 bridgehead atoms. The van der Waals surface area contributed by atoms with Gasteiger partial charge in [0.2, 0.25) is 0 Å². The third-order valence-electron chi connectivity index (χ3n) is 10.3. The van der Waals surface area contributed by atoms with Crippen molar-refractivity contribution in [2.24, 2.45) is 0 Å². The number of aromatic nitrogens is 2. The minimum atomic E-state index is 1.00. The molecule has 0 spiro atoms. The molecule has 0 atom stereocenters. The van der Waals surface area contributed by atoms with E-state index in [0.29, 0.717) is 0 Å². The highest BCUT2D eigenvalue weighted by Gasteiger charge is 2.17. The number of nitrogens with zero attached hydrogens (tertiary/aromatic N) is 2. The maximum Gasteiger partial charge on any atom is 0.256 e. The molecule has 264 valence electrons. The van der Waals surface area contributed by atoms with Gasteiger partial charge in [0.25, 0.3) is 5.82 Å². The highest BCUT2D eigenvalue weighted by molar-refractivity contribution is 5.15. The van der Waals surface area contributed by atoms with Gasteiger partial charge in [0, 0.05) is 6.42 Å². The van der Waals surface area contributed by atoms with Gasteiger partial charge in [-0.2, -0.15) is 0 Å². The second-order valence-corrected chi connectivity index (χ2v) is 14.7. The monoisotopic (exact) mass is 636 g/mol. The Hall–Kier alpha value is -1.57. The first-order chi connectivity index (χ1) is 22.8. The van der Waals surface area contributed by atoms with Gasteiger partial charge < -0.3 is 0 Å². The summed E-state index contributed by atoms with van der Waals surface area (Å²) in [7, 11) is 0. The number of rotatable bonds is 34. The van der Waals surface area contributed by atoms with Gasteiger partial charge in [-0.3, -0.25) is 0 Å². The summed E-state index contributed by atoms with van der Waals surface area (Å²) in [5, 5.41) is 0. The topological polar surface area (TPSA) is 8.81 Å². The van der Waals surface area contributed by atoms with Crippen LogP contribution < -0.4 is 4.57 Å². The lowest BCUT2D eigenvalue weighted by Gasteiger charge is -2.07. The van der Waals surface area contributed by atoms with Crippen molar-refractivity contribution in [2.45, 2.75) is 226 Å². The molecule has 46 heavy (non-hydrogen) atoms. The Balaban J connectivity index is 1.55. The lowest BCUT2D eigenvalue weighted by Crippen LogP contribution is -2.37. The molecule has 0 radical (unpaired) electrons. The van der Waals surface area contributed by atoms with Crippen LogP contribution in [-0.4, -0.2) is 4.57 Å². The molecule has 0 aliphatic heterocycles. The van der Waals surface area contributed by atoms with E-state index in [9.17, 15) is 0 Å². The zero-order valence-electron chi connectivity index (χ0n) is 31.3. The van der Waals surface area contributed by atoms with E-state index in [1.807, 2.05) is 0 Å². The zero-order chi connectivity index (χ0) is 32.6. The van der Waals surface area contributed by atoms with Gasteiger partial charge in [-0.25, -0.2) is 9.13 Å². The van der Waals surface area contributed by atoms with E-state index < -0.39 is 0 Å². The van der Waals surface area contributed by atoms with Crippen LogP contribution in [0.5, 0.6) is 0 Å². The van der Waals surface area contributed by atoms with Crippen LogP contribution in [0.1, 0.15) is 218 Å². The van der Waals surface area contributed by atoms with Gasteiger partial charge in [0.15, 0.2) is 0 Å². The summed E-state index contributed by atoms with van der Waals surface area (Å²) in [5.41, 5.74) is 1.41. The van der Waals surface area contributed by atoms with Crippen LogP contribution in [0, 0.1) is 0 Å². The molecule has 2 heteroatoms. The van der Waals surface area contributed by atoms with Crippen LogP contribution >= 0.6 is 0 Å². The molecule has 1 aromatic heterocycles. The molecule has 2 aromatic rings. The zero-order valence-corrected chi connectivity index (χ0v) is 31.3. The van der Waals surface area contributed by atoms with Crippen molar-refractivity contribution >= 4 is 0 Å². The lowest BCUT2D eigenvalue weighted by atomic mass is 10.0. The van der Waals surface area contributed by atoms with Crippen LogP contribution in [-0.2, 0) is 19.5 Å². The van der Waals surface area contributed by atoms with Crippen LogP contribution in [0.2, 0.25) is 0 Å². The van der Waals surface area contributed by atoms with E-state index in [4.69, 9.17) is 0 Å². The number of aryl methyl sites for hydroxylation is 1. The van der Waals surface area contributed by atoms with Crippen molar-refractivity contribution in [3.8, 4) is 0 Å². The van der Waals surface area contributed by atoms with Gasteiger partial charge in [-0.1, -0.05) is 218 Å². The largest absolute Gasteiger partial charge is 0.256 e. The Labute approximate surface area is 288 Å². The molecule has 0 amide bonds. The molecule has 0 aliphatic rings. The molecule has 0 aliphatic carbocycles. The van der Waals surface area contributed by atoms with Crippen LogP contribution in [0.25, 0.3) is 0 Å². The summed E-state index contributed by atoms with van der Waals surface area (Å²) in [6.07, 6.45) is 48.9. The summed E-state index contributed by atoms with van der Waals surface area (Å²) in [4.78, 5) is 0. The highest BCUT2D eigenvalue weighted by Crippen LogP contribution is 2.16. The standard InChI is InChI=1S/C44H79N2/c1-3-5-7-9-11-13-15-17-19-20-21-23-25-27-29-34-38-44-45(40-41-46(44)42-43-36-32-31-33-37-43)39-35-30-28-26-24-22-18-16-14-12-10-8-6-4-2/h31-33,36-37,40-41H,3-30,34-35,38-39,42H2,1-2H3/q+1. The van der Waals surface area contributed by atoms with E-state index in [0.717, 1.165) is 6.54 Å². The Morgan fingerprint density at radius 3 is 1.22 bits per heavy atom. The minimum Gasteiger partial charge on any atom is -0.234 e. The normalized spacial score (nSPS) is 11.5. The molecule has 1 aromatic carbocycles. The molecule has 1 heterocycles. The smallest absolute Gasteiger partial charge is 0.234 e. The van der Waals surface area contributed by atoms with Gasteiger partial charge in [0.1, 0.15) is 18.9 Å². The van der Waals surface area contributed by atoms with Crippen LogP contribution in [0.15, 0.2) is 42.7 Å².